The van der Waals surface area contributed by atoms with Crippen molar-refractivity contribution in [1.29, 1.82) is 0 Å². The minimum atomic E-state index is -1.14. The molecule has 2 aliphatic carbocycles. The Morgan fingerprint density at radius 3 is 1.87 bits per heavy atom. The summed E-state index contributed by atoms with van der Waals surface area (Å²) < 4.78 is 64.6. The molecule has 0 aromatic heterocycles. The van der Waals surface area contributed by atoms with E-state index in [1.807, 2.05) is 6.92 Å². The molecular weight excluding hydrogens is 504 g/mol. The monoisotopic (exact) mass is 546 g/mol. The summed E-state index contributed by atoms with van der Waals surface area (Å²) in [5.41, 5.74) is 1.15. The van der Waals surface area contributed by atoms with Crippen LogP contribution in [0.2, 0.25) is 0 Å². The van der Waals surface area contributed by atoms with Crippen LogP contribution in [-0.2, 0) is 11.2 Å². The topological polar surface area (TPSA) is 26.3 Å². The minimum absolute atomic E-state index is 0.0720. The zero-order valence-electron chi connectivity index (χ0n) is 23.3. The van der Waals surface area contributed by atoms with E-state index in [0.717, 1.165) is 51.4 Å². The smallest absolute Gasteiger partial charge is 0.314 e. The average Bonchev–Trinajstić information content (AvgIpc) is 2.95. The fourth-order valence-corrected chi connectivity index (χ4v) is 6.62. The van der Waals surface area contributed by atoms with Crippen LogP contribution in [0.5, 0.6) is 5.75 Å². The lowest BCUT2D eigenvalue weighted by atomic mass is 9.75. The molecule has 0 bridgehead atoms. The van der Waals surface area contributed by atoms with Crippen molar-refractivity contribution in [3.05, 3.63) is 64.2 Å². The normalized spacial score (nSPS) is 23.5. The highest BCUT2D eigenvalue weighted by Gasteiger charge is 2.32. The van der Waals surface area contributed by atoms with Crippen LogP contribution in [0.1, 0.15) is 126 Å². The quantitative estimate of drug-likeness (QED) is 0.128. The van der Waals surface area contributed by atoms with Crippen molar-refractivity contribution < 1.29 is 27.1 Å². The first kappa shape index (κ1) is 29.6. The standard InChI is InChI=1S/C33H42F4O2/c1-3-5-6-8-24-17-20-28(32(37)29(24)34)39-33(38)25-15-13-23(14-16-25)27-19-18-26(30(35)31(27)36)22-11-9-21(7-4-2)10-12-22/h17-23,25H,3-16H2,1-2H3. The summed E-state index contributed by atoms with van der Waals surface area (Å²) in [5.74, 6) is -4.48. The van der Waals surface area contributed by atoms with E-state index in [-0.39, 0.29) is 17.4 Å². The van der Waals surface area contributed by atoms with Crippen molar-refractivity contribution in [2.24, 2.45) is 11.8 Å². The Kier molecular flexibility index (Phi) is 10.5. The molecule has 2 nitrogen and oxygen atoms in total. The van der Waals surface area contributed by atoms with Gasteiger partial charge in [0.1, 0.15) is 0 Å². The molecule has 0 aliphatic heterocycles. The lowest BCUT2D eigenvalue weighted by Crippen LogP contribution is -2.26. The molecule has 2 fully saturated rings. The van der Waals surface area contributed by atoms with Gasteiger partial charge in [0, 0.05) is 0 Å². The highest BCUT2D eigenvalue weighted by atomic mass is 19.2. The maximum Gasteiger partial charge on any atom is 0.314 e. The summed E-state index contributed by atoms with van der Waals surface area (Å²) in [5, 5.41) is 0. The van der Waals surface area contributed by atoms with Gasteiger partial charge in [-0.2, -0.15) is 4.39 Å². The van der Waals surface area contributed by atoms with Crippen molar-refractivity contribution in [2.75, 3.05) is 0 Å². The van der Waals surface area contributed by atoms with Gasteiger partial charge in [0.05, 0.1) is 5.92 Å². The van der Waals surface area contributed by atoms with Crippen LogP contribution >= 0.6 is 0 Å². The van der Waals surface area contributed by atoms with Gasteiger partial charge in [-0.1, -0.05) is 57.7 Å². The van der Waals surface area contributed by atoms with E-state index in [2.05, 4.69) is 6.92 Å². The molecule has 2 aromatic carbocycles. The fraction of sp³-hybridized carbons (Fsp3) is 0.606. The molecule has 0 heterocycles. The fourth-order valence-electron chi connectivity index (χ4n) is 6.62. The van der Waals surface area contributed by atoms with E-state index in [1.54, 1.807) is 12.1 Å². The van der Waals surface area contributed by atoms with E-state index in [9.17, 15) is 13.6 Å². The summed E-state index contributed by atoms with van der Waals surface area (Å²) >= 11 is 0. The summed E-state index contributed by atoms with van der Waals surface area (Å²) in [7, 11) is 0. The van der Waals surface area contributed by atoms with Crippen LogP contribution in [0, 0.1) is 35.1 Å². The Labute approximate surface area is 230 Å². The number of carbonyl (C=O) groups excluding carboxylic acids is 1. The molecule has 0 N–H and O–H groups in total. The number of unbranched alkanes of at least 4 members (excludes halogenated alkanes) is 2. The molecule has 0 saturated heterocycles. The van der Waals surface area contributed by atoms with Gasteiger partial charge in [0.15, 0.2) is 23.2 Å². The van der Waals surface area contributed by atoms with E-state index in [0.29, 0.717) is 49.1 Å². The largest absolute Gasteiger partial charge is 0.423 e. The molecule has 0 atom stereocenters. The van der Waals surface area contributed by atoms with E-state index >= 15 is 8.78 Å². The second-order valence-corrected chi connectivity index (χ2v) is 11.7. The Hall–Kier alpha value is -2.37. The highest BCUT2D eigenvalue weighted by Crippen LogP contribution is 2.42. The number of carbonyl (C=O) groups is 1. The molecule has 0 radical (unpaired) electrons. The predicted octanol–water partition coefficient (Wildman–Crippen LogP) is 9.93. The molecule has 2 aromatic rings. The third-order valence-electron chi connectivity index (χ3n) is 9.01. The summed E-state index contributed by atoms with van der Waals surface area (Å²) in [6, 6.07) is 6.29. The number of ether oxygens (including phenoxy) is 1. The second kappa shape index (κ2) is 13.8. The Balaban J connectivity index is 1.33. The molecule has 6 heteroatoms. The minimum Gasteiger partial charge on any atom is -0.423 e. The second-order valence-electron chi connectivity index (χ2n) is 11.7. The van der Waals surface area contributed by atoms with Gasteiger partial charge in [0.25, 0.3) is 0 Å². The van der Waals surface area contributed by atoms with Crippen molar-refractivity contribution in [2.45, 2.75) is 116 Å². The maximum absolute atomic E-state index is 15.2. The van der Waals surface area contributed by atoms with Crippen molar-refractivity contribution in [3.63, 3.8) is 0 Å². The number of esters is 1. The molecule has 4 rings (SSSR count). The first-order valence-electron chi connectivity index (χ1n) is 15.0. The Bertz CT molecular complexity index is 1120. The molecule has 0 amide bonds. The number of halogens is 4. The van der Waals surface area contributed by atoms with E-state index in [4.69, 9.17) is 4.74 Å². The number of aryl methyl sites for hydroxylation is 1. The van der Waals surface area contributed by atoms with Crippen LogP contribution in [0.3, 0.4) is 0 Å². The zero-order chi connectivity index (χ0) is 27.9. The molecule has 2 saturated carbocycles. The molecule has 0 spiro atoms. The summed E-state index contributed by atoms with van der Waals surface area (Å²) in [6.45, 7) is 4.22. The van der Waals surface area contributed by atoms with Crippen molar-refractivity contribution >= 4 is 5.97 Å². The highest BCUT2D eigenvalue weighted by molar-refractivity contribution is 5.75. The molecule has 39 heavy (non-hydrogen) atoms. The van der Waals surface area contributed by atoms with Gasteiger partial charge in [-0.15, -0.1) is 0 Å². The molecular formula is C33H42F4O2. The van der Waals surface area contributed by atoms with Gasteiger partial charge >= 0.3 is 5.97 Å². The third kappa shape index (κ3) is 7.05. The van der Waals surface area contributed by atoms with Crippen LogP contribution in [0.15, 0.2) is 24.3 Å². The average molecular weight is 547 g/mol. The van der Waals surface area contributed by atoms with E-state index < -0.39 is 40.9 Å². The first-order chi connectivity index (χ1) is 18.8. The van der Waals surface area contributed by atoms with Crippen LogP contribution in [0.4, 0.5) is 17.6 Å². The zero-order valence-corrected chi connectivity index (χ0v) is 23.3. The molecule has 2 aliphatic rings. The SMILES string of the molecule is CCCCCc1ccc(OC(=O)C2CCC(c3ccc(C4CCC(CCC)CC4)c(F)c3F)CC2)c(F)c1F. The number of hydrogen-bond donors (Lipinski definition) is 0. The first-order valence-corrected chi connectivity index (χ1v) is 15.0. The van der Waals surface area contributed by atoms with Gasteiger partial charge in [-0.25, -0.2) is 13.2 Å². The van der Waals surface area contributed by atoms with Crippen molar-refractivity contribution in [1.82, 2.24) is 0 Å². The third-order valence-corrected chi connectivity index (χ3v) is 9.01. The van der Waals surface area contributed by atoms with Crippen LogP contribution in [0.25, 0.3) is 0 Å². The van der Waals surface area contributed by atoms with Crippen LogP contribution < -0.4 is 4.74 Å². The van der Waals surface area contributed by atoms with Gasteiger partial charge in [-0.3, -0.25) is 4.79 Å². The van der Waals surface area contributed by atoms with E-state index in [1.165, 1.54) is 18.6 Å². The maximum atomic E-state index is 15.2. The number of rotatable bonds is 10. The predicted molar refractivity (Wildman–Crippen MR) is 146 cm³/mol. The summed E-state index contributed by atoms with van der Waals surface area (Å²) in [6.07, 6.45) is 11.3. The van der Waals surface area contributed by atoms with Crippen molar-refractivity contribution in [3.8, 4) is 5.75 Å². The number of hydrogen-bond acceptors (Lipinski definition) is 2. The van der Waals surface area contributed by atoms with Crippen LogP contribution in [-0.4, -0.2) is 5.97 Å². The molecule has 214 valence electrons. The molecule has 0 unspecified atom stereocenters. The van der Waals surface area contributed by atoms with Gasteiger partial charge < -0.3 is 4.74 Å². The lowest BCUT2D eigenvalue weighted by molar-refractivity contribution is -0.140. The van der Waals surface area contributed by atoms with Gasteiger partial charge in [-0.05, 0) is 105 Å². The lowest BCUT2D eigenvalue weighted by Gasteiger charge is -2.30. The Morgan fingerprint density at radius 1 is 0.718 bits per heavy atom. The van der Waals surface area contributed by atoms with Gasteiger partial charge in [0.2, 0.25) is 5.82 Å². The number of benzene rings is 2. The Morgan fingerprint density at radius 2 is 1.31 bits per heavy atom. The summed E-state index contributed by atoms with van der Waals surface area (Å²) in [4.78, 5) is 12.7.